The number of hydrogen-bond donors (Lipinski definition) is 1. The highest BCUT2D eigenvalue weighted by Gasteiger charge is 2.13. The number of esters is 1. The Bertz CT molecular complexity index is 653. The Morgan fingerprint density at radius 2 is 2.19 bits per heavy atom. The minimum atomic E-state index is -0.699. The first-order chi connectivity index (χ1) is 9.93. The average Bonchev–Trinajstić information content (AvgIpc) is 2.43. The summed E-state index contributed by atoms with van der Waals surface area (Å²) >= 11 is 5.80. The molecule has 0 radical (unpaired) electrons. The van der Waals surface area contributed by atoms with Crippen LogP contribution in [0.5, 0.6) is 0 Å². The van der Waals surface area contributed by atoms with Crippen LogP contribution in [0.1, 0.15) is 12.5 Å². The highest BCUT2D eigenvalue weighted by Crippen LogP contribution is 2.11. The highest BCUT2D eigenvalue weighted by molar-refractivity contribution is 6.30. The zero-order valence-corrected chi connectivity index (χ0v) is 12.1. The van der Waals surface area contributed by atoms with Gasteiger partial charge in [-0.2, -0.15) is 5.26 Å². The topological polar surface area (TPSA) is 93.2 Å². The zero-order chi connectivity index (χ0) is 15.8. The predicted octanol–water partition coefficient (Wildman–Crippen LogP) is 2.22. The van der Waals surface area contributed by atoms with Crippen LogP contribution in [0.15, 0.2) is 41.6 Å². The third-order valence-electron chi connectivity index (χ3n) is 2.39. The SMILES string of the molecule is C/C(N)=C(/C#N)C(=O)COC(=O)/C=C/c1cccc(Cl)c1. The number of rotatable bonds is 5. The first-order valence-electron chi connectivity index (χ1n) is 5.94. The molecular weight excluding hydrogens is 292 g/mol. The summed E-state index contributed by atoms with van der Waals surface area (Å²) in [6.45, 7) is 0.896. The summed E-state index contributed by atoms with van der Waals surface area (Å²) < 4.78 is 4.74. The predicted molar refractivity (Wildman–Crippen MR) is 79.0 cm³/mol. The van der Waals surface area contributed by atoms with Crippen LogP contribution in [0, 0.1) is 11.3 Å². The fourth-order valence-electron chi connectivity index (χ4n) is 1.40. The van der Waals surface area contributed by atoms with Crippen molar-refractivity contribution < 1.29 is 14.3 Å². The smallest absolute Gasteiger partial charge is 0.331 e. The zero-order valence-electron chi connectivity index (χ0n) is 11.3. The third-order valence-corrected chi connectivity index (χ3v) is 2.63. The second-order valence-corrected chi connectivity index (χ2v) is 4.53. The molecule has 0 fully saturated rings. The molecule has 0 saturated carbocycles. The van der Waals surface area contributed by atoms with Gasteiger partial charge in [-0.25, -0.2) is 4.79 Å². The number of hydrogen-bond acceptors (Lipinski definition) is 5. The molecule has 5 nitrogen and oxygen atoms in total. The largest absolute Gasteiger partial charge is 0.454 e. The molecule has 2 N–H and O–H groups in total. The number of nitrogens with two attached hydrogens (primary N) is 1. The molecule has 0 saturated heterocycles. The highest BCUT2D eigenvalue weighted by atomic mass is 35.5. The van der Waals surface area contributed by atoms with Gasteiger partial charge in [-0.05, 0) is 30.7 Å². The van der Waals surface area contributed by atoms with Crippen LogP contribution in [-0.4, -0.2) is 18.4 Å². The average molecular weight is 305 g/mol. The Morgan fingerprint density at radius 1 is 1.48 bits per heavy atom. The number of allylic oxidation sites excluding steroid dienone is 1. The molecule has 0 heterocycles. The minimum absolute atomic E-state index is 0.0908. The van der Waals surface area contributed by atoms with Gasteiger partial charge in [0.15, 0.2) is 6.61 Å². The number of carbonyl (C=O) groups excluding carboxylic acids is 2. The summed E-state index contributed by atoms with van der Waals surface area (Å²) in [6, 6.07) is 8.55. The molecule has 1 rings (SSSR count). The maximum absolute atomic E-state index is 11.6. The van der Waals surface area contributed by atoms with E-state index >= 15 is 0 Å². The van der Waals surface area contributed by atoms with Gasteiger partial charge in [-0.15, -0.1) is 0 Å². The number of nitrogens with zero attached hydrogens (tertiary/aromatic N) is 1. The molecule has 0 aromatic heterocycles. The normalized spacial score (nSPS) is 11.7. The lowest BCUT2D eigenvalue weighted by molar-refractivity contribution is -0.141. The summed E-state index contributed by atoms with van der Waals surface area (Å²) in [5, 5.41) is 9.28. The molecule has 0 aliphatic carbocycles. The van der Waals surface area contributed by atoms with Crippen LogP contribution < -0.4 is 5.73 Å². The number of ketones is 1. The van der Waals surface area contributed by atoms with Crippen molar-refractivity contribution in [1.29, 1.82) is 5.26 Å². The van der Waals surface area contributed by atoms with Crippen LogP contribution in [0.25, 0.3) is 6.08 Å². The molecule has 6 heteroatoms. The molecule has 0 bridgehead atoms. The van der Waals surface area contributed by atoms with Crippen molar-refractivity contribution in [3.63, 3.8) is 0 Å². The van der Waals surface area contributed by atoms with Crippen LogP contribution in [0.2, 0.25) is 5.02 Å². The molecule has 21 heavy (non-hydrogen) atoms. The van der Waals surface area contributed by atoms with Crippen LogP contribution >= 0.6 is 11.6 Å². The van der Waals surface area contributed by atoms with Gasteiger partial charge in [-0.3, -0.25) is 4.79 Å². The van der Waals surface area contributed by atoms with Crippen LogP contribution in [0.4, 0.5) is 0 Å². The van der Waals surface area contributed by atoms with E-state index in [1.165, 1.54) is 19.1 Å². The Kier molecular flexibility index (Phi) is 6.18. The van der Waals surface area contributed by atoms with Crippen molar-refractivity contribution in [2.45, 2.75) is 6.92 Å². The first kappa shape index (κ1) is 16.5. The van der Waals surface area contributed by atoms with Gasteiger partial charge in [-0.1, -0.05) is 23.7 Å². The summed E-state index contributed by atoms with van der Waals surface area (Å²) in [5.41, 5.74) is 5.98. The molecule has 0 atom stereocenters. The van der Waals surface area contributed by atoms with E-state index in [-0.39, 0.29) is 11.3 Å². The standard InChI is InChI=1S/C15H13ClN2O3/c1-10(18)13(8-17)14(19)9-21-15(20)6-5-11-3-2-4-12(16)7-11/h2-7H,9,18H2,1H3/b6-5+,13-10+. The van der Waals surface area contributed by atoms with Crippen LogP contribution in [-0.2, 0) is 14.3 Å². The van der Waals surface area contributed by atoms with Gasteiger partial charge in [0.1, 0.15) is 11.6 Å². The number of benzene rings is 1. The molecule has 1 aromatic rings. The van der Waals surface area contributed by atoms with Crippen LogP contribution in [0.3, 0.4) is 0 Å². The van der Waals surface area contributed by atoms with Gasteiger partial charge in [0.05, 0.1) is 0 Å². The van der Waals surface area contributed by atoms with E-state index in [2.05, 4.69) is 0 Å². The van der Waals surface area contributed by atoms with E-state index in [9.17, 15) is 9.59 Å². The second kappa shape index (κ2) is 7.88. The van der Waals surface area contributed by atoms with Crippen molar-refractivity contribution in [1.82, 2.24) is 0 Å². The Hall–Kier alpha value is -2.58. The van der Waals surface area contributed by atoms with E-state index in [0.29, 0.717) is 5.02 Å². The Balaban J connectivity index is 2.58. The van der Waals surface area contributed by atoms with Crippen molar-refractivity contribution >= 4 is 29.4 Å². The molecule has 0 amide bonds. The summed E-state index contributed by atoms with van der Waals surface area (Å²) in [6.07, 6.45) is 2.68. The van der Waals surface area contributed by atoms with E-state index in [1.54, 1.807) is 30.3 Å². The van der Waals surface area contributed by atoms with Gasteiger partial charge in [0, 0.05) is 16.8 Å². The lowest BCUT2D eigenvalue weighted by Crippen LogP contribution is -2.16. The van der Waals surface area contributed by atoms with Gasteiger partial charge in [0.25, 0.3) is 0 Å². The Morgan fingerprint density at radius 3 is 2.76 bits per heavy atom. The number of Topliss-reactive ketones (excluding diaryl/α,β-unsaturated/α-hetero) is 1. The van der Waals surface area contributed by atoms with Crippen molar-refractivity contribution in [2.24, 2.45) is 5.73 Å². The van der Waals surface area contributed by atoms with E-state index in [0.717, 1.165) is 5.56 Å². The molecular formula is C15H13ClN2O3. The minimum Gasteiger partial charge on any atom is -0.454 e. The molecule has 108 valence electrons. The number of ether oxygens (including phenoxy) is 1. The molecule has 1 aromatic carbocycles. The fourth-order valence-corrected chi connectivity index (χ4v) is 1.60. The van der Waals surface area contributed by atoms with Crippen molar-refractivity contribution in [2.75, 3.05) is 6.61 Å². The third kappa shape index (κ3) is 5.51. The van der Waals surface area contributed by atoms with Gasteiger partial charge < -0.3 is 10.5 Å². The fraction of sp³-hybridized carbons (Fsp3) is 0.133. The van der Waals surface area contributed by atoms with E-state index in [1.807, 2.05) is 0 Å². The maximum atomic E-state index is 11.6. The number of halogens is 1. The quantitative estimate of drug-likeness (QED) is 0.511. The second-order valence-electron chi connectivity index (χ2n) is 4.09. The summed E-state index contributed by atoms with van der Waals surface area (Å²) in [5.74, 6) is -1.34. The Labute approximate surface area is 127 Å². The molecule has 0 aliphatic rings. The van der Waals surface area contributed by atoms with Crippen molar-refractivity contribution in [3.05, 3.63) is 52.2 Å². The maximum Gasteiger partial charge on any atom is 0.331 e. The number of carbonyl (C=O) groups is 2. The number of nitriles is 1. The molecule has 0 aliphatic heterocycles. The van der Waals surface area contributed by atoms with E-state index in [4.69, 9.17) is 27.3 Å². The summed E-state index contributed by atoms with van der Waals surface area (Å²) in [4.78, 5) is 23.0. The van der Waals surface area contributed by atoms with Gasteiger partial charge >= 0.3 is 5.97 Å². The monoisotopic (exact) mass is 304 g/mol. The lowest BCUT2D eigenvalue weighted by Gasteiger charge is -2.01. The summed E-state index contributed by atoms with van der Waals surface area (Å²) in [7, 11) is 0. The lowest BCUT2D eigenvalue weighted by atomic mass is 10.1. The first-order valence-corrected chi connectivity index (χ1v) is 6.32. The van der Waals surface area contributed by atoms with E-state index < -0.39 is 18.4 Å². The molecule has 0 unspecified atom stereocenters. The molecule has 0 spiro atoms. The van der Waals surface area contributed by atoms with Gasteiger partial charge in [0.2, 0.25) is 5.78 Å². The van der Waals surface area contributed by atoms with Crippen molar-refractivity contribution in [3.8, 4) is 6.07 Å².